The highest BCUT2D eigenvalue weighted by Crippen LogP contribution is 2.22. The molecule has 0 aliphatic carbocycles. The number of anilines is 1. The number of rotatable bonds is 4. The third kappa shape index (κ3) is 3.62. The van der Waals surface area contributed by atoms with Gasteiger partial charge in [0.25, 0.3) is 0 Å². The van der Waals surface area contributed by atoms with Crippen molar-refractivity contribution < 1.29 is 0 Å². The Hall–Kier alpha value is -0.740. The standard InChI is InChI=1S/C14H23N3S/c1-11(2)15-8-13-4-5-14(16-9-13)17-6-7-18-10-12(17)3/h4-5,9,11-12,15H,6-8,10H2,1-3H3. The fourth-order valence-corrected chi connectivity index (χ4v) is 3.09. The highest BCUT2D eigenvalue weighted by molar-refractivity contribution is 7.99. The van der Waals surface area contributed by atoms with Crippen LogP contribution in [0.3, 0.4) is 0 Å². The van der Waals surface area contributed by atoms with E-state index >= 15 is 0 Å². The van der Waals surface area contributed by atoms with Gasteiger partial charge in [-0.2, -0.15) is 11.8 Å². The van der Waals surface area contributed by atoms with E-state index in [1.54, 1.807) is 0 Å². The number of thioether (sulfide) groups is 1. The maximum Gasteiger partial charge on any atom is 0.128 e. The fraction of sp³-hybridized carbons (Fsp3) is 0.643. The molecule has 0 bridgehead atoms. The average Bonchev–Trinajstić information content (AvgIpc) is 2.38. The van der Waals surface area contributed by atoms with Gasteiger partial charge in [-0.25, -0.2) is 4.98 Å². The number of pyridine rings is 1. The predicted octanol–water partition coefficient (Wildman–Crippen LogP) is 2.52. The second kappa shape index (κ2) is 6.43. The number of nitrogens with one attached hydrogen (secondary N) is 1. The summed E-state index contributed by atoms with van der Waals surface area (Å²) in [5.74, 6) is 3.54. The van der Waals surface area contributed by atoms with E-state index in [9.17, 15) is 0 Å². The quantitative estimate of drug-likeness (QED) is 0.905. The summed E-state index contributed by atoms with van der Waals surface area (Å²) in [4.78, 5) is 7.02. The Balaban J connectivity index is 1.98. The molecule has 2 rings (SSSR count). The van der Waals surface area contributed by atoms with Crippen LogP contribution in [0.25, 0.3) is 0 Å². The minimum Gasteiger partial charge on any atom is -0.352 e. The number of hydrogen-bond donors (Lipinski definition) is 1. The molecule has 1 atom stereocenters. The van der Waals surface area contributed by atoms with Crippen molar-refractivity contribution in [2.24, 2.45) is 0 Å². The zero-order valence-corrected chi connectivity index (χ0v) is 12.3. The van der Waals surface area contributed by atoms with Crippen molar-refractivity contribution in [2.75, 3.05) is 23.0 Å². The van der Waals surface area contributed by atoms with E-state index < -0.39 is 0 Å². The molecule has 2 heterocycles. The second-order valence-electron chi connectivity index (χ2n) is 5.18. The van der Waals surface area contributed by atoms with Gasteiger partial charge in [-0.1, -0.05) is 19.9 Å². The van der Waals surface area contributed by atoms with E-state index in [-0.39, 0.29) is 0 Å². The van der Waals surface area contributed by atoms with Gasteiger partial charge in [0, 0.05) is 42.9 Å². The zero-order valence-electron chi connectivity index (χ0n) is 11.5. The van der Waals surface area contributed by atoms with Crippen molar-refractivity contribution in [2.45, 2.75) is 39.4 Å². The molecule has 3 nitrogen and oxygen atoms in total. The third-order valence-corrected chi connectivity index (χ3v) is 4.37. The average molecular weight is 265 g/mol. The van der Waals surface area contributed by atoms with Crippen LogP contribution in [0, 0.1) is 0 Å². The SMILES string of the molecule is CC(C)NCc1ccc(N2CCSCC2C)nc1. The Morgan fingerprint density at radius 3 is 2.94 bits per heavy atom. The summed E-state index contributed by atoms with van der Waals surface area (Å²) in [6.45, 7) is 8.62. The first kappa shape index (κ1) is 13.7. The van der Waals surface area contributed by atoms with Gasteiger partial charge in [0.2, 0.25) is 0 Å². The van der Waals surface area contributed by atoms with Gasteiger partial charge in [0.15, 0.2) is 0 Å². The Labute approximate surface area is 114 Å². The van der Waals surface area contributed by atoms with Crippen LogP contribution in [-0.4, -0.2) is 35.1 Å². The molecule has 1 fully saturated rings. The maximum absolute atomic E-state index is 4.61. The summed E-state index contributed by atoms with van der Waals surface area (Å²) in [6.07, 6.45) is 2.00. The summed E-state index contributed by atoms with van der Waals surface area (Å²) >= 11 is 2.04. The number of hydrogen-bond acceptors (Lipinski definition) is 4. The van der Waals surface area contributed by atoms with E-state index in [1.165, 1.54) is 17.1 Å². The van der Waals surface area contributed by atoms with Crippen molar-refractivity contribution in [3.63, 3.8) is 0 Å². The van der Waals surface area contributed by atoms with Crippen LogP contribution in [-0.2, 0) is 6.54 Å². The third-order valence-electron chi connectivity index (χ3n) is 3.19. The fourth-order valence-electron chi connectivity index (χ4n) is 2.08. The van der Waals surface area contributed by atoms with Crippen LogP contribution in [0.2, 0.25) is 0 Å². The molecular formula is C14H23N3S. The molecular weight excluding hydrogens is 242 g/mol. The first-order valence-electron chi connectivity index (χ1n) is 6.69. The van der Waals surface area contributed by atoms with E-state index in [1.807, 2.05) is 18.0 Å². The van der Waals surface area contributed by atoms with Crippen molar-refractivity contribution in [3.8, 4) is 0 Å². The number of aromatic nitrogens is 1. The molecule has 1 aliphatic heterocycles. The molecule has 1 saturated heterocycles. The second-order valence-corrected chi connectivity index (χ2v) is 6.33. The molecule has 18 heavy (non-hydrogen) atoms. The lowest BCUT2D eigenvalue weighted by atomic mass is 10.2. The van der Waals surface area contributed by atoms with Crippen molar-refractivity contribution >= 4 is 17.6 Å². The van der Waals surface area contributed by atoms with E-state index in [2.05, 4.69) is 48.1 Å². The lowest BCUT2D eigenvalue weighted by molar-refractivity contribution is 0.587. The summed E-state index contributed by atoms with van der Waals surface area (Å²) < 4.78 is 0. The van der Waals surface area contributed by atoms with Crippen LogP contribution in [0.4, 0.5) is 5.82 Å². The molecule has 1 unspecified atom stereocenters. The Bertz CT molecular complexity index is 364. The molecule has 0 aromatic carbocycles. The Morgan fingerprint density at radius 2 is 2.33 bits per heavy atom. The summed E-state index contributed by atoms with van der Waals surface area (Å²) in [5, 5.41) is 3.41. The molecule has 4 heteroatoms. The van der Waals surface area contributed by atoms with Crippen LogP contribution in [0.15, 0.2) is 18.3 Å². The van der Waals surface area contributed by atoms with Gasteiger partial charge in [0.05, 0.1) is 0 Å². The molecule has 100 valence electrons. The highest BCUT2D eigenvalue weighted by Gasteiger charge is 2.19. The topological polar surface area (TPSA) is 28.2 Å². The predicted molar refractivity (Wildman–Crippen MR) is 80.3 cm³/mol. The molecule has 1 aliphatic rings. The molecule has 1 aromatic heterocycles. The molecule has 0 spiro atoms. The van der Waals surface area contributed by atoms with E-state index in [0.29, 0.717) is 12.1 Å². The smallest absolute Gasteiger partial charge is 0.128 e. The van der Waals surface area contributed by atoms with Gasteiger partial charge in [-0.3, -0.25) is 0 Å². The van der Waals surface area contributed by atoms with Crippen molar-refractivity contribution in [1.29, 1.82) is 0 Å². The lowest BCUT2D eigenvalue weighted by Crippen LogP contribution is -2.40. The number of nitrogens with zero attached hydrogens (tertiary/aromatic N) is 2. The van der Waals surface area contributed by atoms with Gasteiger partial charge in [-0.15, -0.1) is 0 Å². The lowest BCUT2D eigenvalue weighted by Gasteiger charge is -2.34. The van der Waals surface area contributed by atoms with Crippen LogP contribution >= 0.6 is 11.8 Å². The molecule has 1 N–H and O–H groups in total. The van der Waals surface area contributed by atoms with Crippen LogP contribution in [0.1, 0.15) is 26.3 Å². The molecule has 1 aromatic rings. The van der Waals surface area contributed by atoms with Gasteiger partial charge < -0.3 is 10.2 Å². The van der Waals surface area contributed by atoms with Gasteiger partial charge in [0.1, 0.15) is 5.82 Å². The molecule has 0 amide bonds. The maximum atomic E-state index is 4.61. The normalized spacial score (nSPS) is 20.4. The minimum atomic E-state index is 0.517. The Kier molecular flexibility index (Phi) is 4.89. The van der Waals surface area contributed by atoms with Crippen molar-refractivity contribution in [3.05, 3.63) is 23.9 Å². The van der Waals surface area contributed by atoms with E-state index in [4.69, 9.17) is 0 Å². The minimum absolute atomic E-state index is 0.517. The van der Waals surface area contributed by atoms with Crippen molar-refractivity contribution in [1.82, 2.24) is 10.3 Å². The first-order valence-corrected chi connectivity index (χ1v) is 7.85. The summed E-state index contributed by atoms with van der Waals surface area (Å²) in [6, 6.07) is 5.45. The zero-order chi connectivity index (χ0) is 13.0. The first-order chi connectivity index (χ1) is 8.66. The highest BCUT2D eigenvalue weighted by atomic mass is 32.2. The molecule has 0 radical (unpaired) electrons. The summed E-state index contributed by atoms with van der Waals surface area (Å²) in [5.41, 5.74) is 1.26. The van der Waals surface area contributed by atoms with Crippen LogP contribution < -0.4 is 10.2 Å². The van der Waals surface area contributed by atoms with E-state index in [0.717, 1.165) is 18.9 Å². The van der Waals surface area contributed by atoms with Gasteiger partial charge in [-0.05, 0) is 18.6 Å². The van der Waals surface area contributed by atoms with Gasteiger partial charge >= 0.3 is 0 Å². The Morgan fingerprint density at radius 1 is 1.50 bits per heavy atom. The molecule has 0 saturated carbocycles. The monoisotopic (exact) mass is 265 g/mol. The summed E-state index contributed by atoms with van der Waals surface area (Å²) in [7, 11) is 0. The van der Waals surface area contributed by atoms with Crippen LogP contribution in [0.5, 0.6) is 0 Å². The largest absolute Gasteiger partial charge is 0.352 e.